The predicted octanol–water partition coefficient (Wildman–Crippen LogP) is 6.46. The van der Waals surface area contributed by atoms with Gasteiger partial charge >= 0.3 is 0 Å². The monoisotopic (exact) mass is 352 g/mol. The van der Waals surface area contributed by atoms with E-state index < -0.39 is 0 Å². The standard InChI is InChI=1S/C25H24N2/c1-4-27(24-17(2)10-9-11-18(24)3)25(26)23-21-14-7-5-12-19(21)16-20-13-6-8-15-22(20)23/h5-16,26H,4H2,1-3H3. The van der Waals surface area contributed by atoms with E-state index in [4.69, 9.17) is 0 Å². The molecule has 0 aliphatic rings. The molecule has 0 heterocycles. The predicted molar refractivity (Wildman–Crippen MR) is 117 cm³/mol. The lowest BCUT2D eigenvalue weighted by Gasteiger charge is -2.28. The quantitative estimate of drug-likeness (QED) is 0.256. The average molecular weight is 352 g/mol. The molecular formula is C25H24N2. The molecule has 134 valence electrons. The third kappa shape index (κ3) is 2.87. The third-order valence-electron chi connectivity index (χ3n) is 5.30. The number of nitrogens with one attached hydrogen (secondary N) is 1. The summed E-state index contributed by atoms with van der Waals surface area (Å²) in [5, 5.41) is 13.8. The van der Waals surface area contributed by atoms with E-state index in [-0.39, 0.29) is 0 Å². The van der Waals surface area contributed by atoms with Crippen LogP contribution in [0.25, 0.3) is 21.5 Å². The Morgan fingerprint density at radius 1 is 0.778 bits per heavy atom. The molecule has 4 aromatic carbocycles. The molecule has 2 nitrogen and oxygen atoms in total. The van der Waals surface area contributed by atoms with Crippen LogP contribution in [0.2, 0.25) is 0 Å². The van der Waals surface area contributed by atoms with Crippen molar-refractivity contribution < 1.29 is 0 Å². The molecule has 2 heteroatoms. The molecule has 0 unspecified atom stereocenters. The molecule has 0 aromatic heterocycles. The zero-order chi connectivity index (χ0) is 19.0. The molecule has 0 aliphatic carbocycles. The first-order chi connectivity index (χ1) is 13.1. The van der Waals surface area contributed by atoms with Gasteiger partial charge in [-0.15, -0.1) is 0 Å². The topological polar surface area (TPSA) is 27.1 Å². The highest BCUT2D eigenvalue weighted by Crippen LogP contribution is 2.32. The SMILES string of the molecule is CCN(C(=N)c1c2ccccc2cc2ccccc12)c1c(C)cccc1C. The van der Waals surface area contributed by atoms with Gasteiger partial charge in [0, 0.05) is 17.8 Å². The number of hydrogen-bond donors (Lipinski definition) is 1. The Kier molecular flexibility index (Phi) is 4.41. The van der Waals surface area contributed by atoms with Gasteiger partial charge in [0.15, 0.2) is 0 Å². The first-order valence-corrected chi connectivity index (χ1v) is 9.45. The van der Waals surface area contributed by atoms with Gasteiger partial charge in [0.1, 0.15) is 5.84 Å². The van der Waals surface area contributed by atoms with Gasteiger partial charge in [-0.05, 0) is 59.5 Å². The largest absolute Gasteiger partial charge is 0.326 e. The van der Waals surface area contributed by atoms with Gasteiger partial charge < -0.3 is 4.90 Å². The number of fused-ring (bicyclic) bond motifs is 2. The Morgan fingerprint density at radius 3 is 1.81 bits per heavy atom. The van der Waals surface area contributed by atoms with E-state index in [0.29, 0.717) is 5.84 Å². The summed E-state index contributed by atoms with van der Waals surface area (Å²) in [4.78, 5) is 2.14. The van der Waals surface area contributed by atoms with Gasteiger partial charge in [-0.25, -0.2) is 0 Å². The van der Waals surface area contributed by atoms with Crippen LogP contribution in [0.5, 0.6) is 0 Å². The number of aryl methyl sites for hydroxylation is 2. The number of para-hydroxylation sites is 1. The summed E-state index contributed by atoms with van der Waals surface area (Å²) in [6.45, 7) is 7.12. The molecule has 0 saturated heterocycles. The lowest BCUT2D eigenvalue weighted by atomic mass is 9.95. The van der Waals surface area contributed by atoms with Crippen molar-refractivity contribution in [3.8, 4) is 0 Å². The van der Waals surface area contributed by atoms with Crippen LogP contribution in [0.15, 0.2) is 72.8 Å². The van der Waals surface area contributed by atoms with Gasteiger partial charge in [-0.3, -0.25) is 5.41 Å². The highest BCUT2D eigenvalue weighted by Gasteiger charge is 2.20. The first-order valence-electron chi connectivity index (χ1n) is 9.45. The second kappa shape index (κ2) is 6.88. The molecule has 0 saturated carbocycles. The molecule has 0 bridgehead atoms. The fraction of sp³-hybridized carbons (Fsp3) is 0.160. The smallest absolute Gasteiger partial charge is 0.133 e. The van der Waals surface area contributed by atoms with Gasteiger partial charge in [0.05, 0.1) is 0 Å². The summed E-state index contributed by atoms with van der Waals surface area (Å²) >= 11 is 0. The first kappa shape index (κ1) is 17.3. The van der Waals surface area contributed by atoms with Crippen LogP contribution in [-0.4, -0.2) is 12.4 Å². The fourth-order valence-corrected chi connectivity index (χ4v) is 4.06. The second-order valence-electron chi connectivity index (χ2n) is 7.03. The highest BCUT2D eigenvalue weighted by molar-refractivity contribution is 6.23. The normalized spacial score (nSPS) is 11.1. The molecular weight excluding hydrogens is 328 g/mol. The molecule has 0 atom stereocenters. The zero-order valence-electron chi connectivity index (χ0n) is 16.1. The van der Waals surface area contributed by atoms with E-state index in [1.165, 1.54) is 21.9 Å². The van der Waals surface area contributed by atoms with Gasteiger partial charge in [-0.2, -0.15) is 0 Å². The summed E-state index contributed by atoms with van der Waals surface area (Å²) in [6, 6.07) is 25.3. The highest BCUT2D eigenvalue weighted by atomic mass is 15.2. The van der Waals surface area contributed by atoms with Crippen LogP contribution >= 0.6 is 0 Å². The van der Waals surface area contributed by atoms with Crippen LogP contribution in [0.4, 0.5) is 5.69 Å². The Labute approximate surface area is 160 Å². The van der Waals surface area contributed by atoms with Crippen LogP contribution in [-0.2, 0) is 0 Å². The Bertz CT molecular complexity index is 1080. The van der Waals surface area contributed by atoms with Crippen molar-refractivity contribution in [1.82, 2.24) is 0 Å². The number of nitrogens with zero attached hydrogens (tertiary/aromatic N) is 1. The lowest BCUT2D eigenvalue weighted by molar-refractivity contribution is 1.03. The summed E-state index contributed by atoms with van der Waals surface area (Å²) in [5.41, 5.74) is 4.55. The van der Waals surface area contributed by atoms with Crippen LogP contribution in [0.3, 0.4) is 0 Å². The molecule has 4 rings (SSSR count). The van der Waals surface area contributed by atoms with Gasteiger partial charge in [0.25, 0.3) is 0 Å². The van der Waals surface area contributed by atoms with Crippen molar-refractivity contribution in [2.45, 2.75) is 20.8 Å². The zero-order valence-corrected chi connectivity index (χ0v) is 16.1. The van der Waals surface area contributed by atoms with E-state index in [0.717, 1.165) is 28.6 Å². The molecule has 4 aromatic rings. The number of anilines is 1. The van der Waals surface area contributed by atoms with Crippen molar-refractivity contribution in [3.05, 3.63) is 89.5 Å². The summed E-state index contributed by atoms with van der Waals surface area (Å²) in [7, 11) is 0. The molecule has 27 heavy (non-hydrogen) atoms. The van der Waals surface area contributed by atoms with Crippen LogP contribution < -0.4 is 4.90 Å². The van der Waals surface area contributed by atoms with E-state index >= 15 is 0 Å². The van der Waals surface area contributed by atoms with Crippen LogP contribution in [0, 0.1) is 19.3 Å². The maximum Gasteiger partial charge on any atom is 0.133 e. The number of hydrogen-bond acceptors (Lipinski definition) is 1. The minimum absolute atomic E-state index is 0.558. The van der Waals surface area contributed by atoms with Crippen molar-refractivity contribution >= 4 is 33.1 Å². The number of rotatable bonds is 3. The number of benzene rings is 4. The van der Waals surface area contributed by atoms with Crippen molar-refractivity contribution in [2.75, 3.05) is 11.4 Å². The summed E-state index contributed by atoms with van der Waals surface area (Å²) in [6.07, 6.45) is 0. The maximum atomic E-state index is 9.21. The van der Waals surface area contributed by atoms with Gasteiger partial charge in [0.2, 0.25) is 0 Å². The molecule has 0 spiro atoms. The van der Waals surface area contributed by atoms with E-state index in [9.17, 15) is 5.41 Å². The second-order valence-corrected chi connectivity index (χ2v) is 7.03. The Hall–Kier alpha value is -3.13. The molecule has 0 radical (unpaired) electrons. The summed E-state index contributed by atoms with van der Waals surface area (Å²) in [5.74, 6) is 0.558. The molecule has 0 fully saturated rings. The lowest BCUT2D eigenvalue weighted by Crippen LogP contribution is -2.32. The van der Waals surface area contributed by atoms with Crippen molar-refractivity contribution in [1.29, 1.82) is 5.41 Å². The summed E-state index contributed by atoms with van der Waals surface area (Å²) < 4.78 is 0. The minimum atomic E-state index is 0.558. The maximum absolute atomic E-state index is 9.21. The third-order valence-corrected chi connectivity index (χ3v) is 5.30. The molecule has 0 amide bonds. The average Bonchev–Trinajstić information content (AvgIpc) is 2.68. The van der Waals surface area contributed by atoms with Gasteiger partial charge in [-0.1, -0.05) is 66.7 Å². The Morgan fingerprint density at radius 2 is 1.30 bits per heavy atom. The fourth-order valence-electron chi connectivity index (χ4n) is 4.06. The van der Waals surface area contributed by atoms with E-state index in [1.54, 1.807) is 0 Å². The molecule has 1 N–H and O–H groups in total. The van der Waals surface area contributed by atoms with E-state index in [1.807, 2.05) is 0 Å². The minimum Gasteiger partial charge on any atom is -0.326 e. The number of amidine groups is 1. The van der Waals surface area contributed by atoms with Crippen molar-refractivity contribution in [3.63, 3.8) is 0 Å². The molecule has 0 aliphatic heterocycles. The van der Waals surface area contributed by atoms with Crippen LogP contribution in [0.1, 0.15) is 23.6 Å². The van der Waals surface area contributed by atoms with Crippen molar-refractivity contribution in [2.24, 2.45) is 0 Å². The van der Waals surface area contributed by atoms with E-state index in [2.05, 4.69) is 98.5 Å². The Balaban J connectivity index is 2.01.